The third-order valence-corrected chi connectivity index (χ3v) is 5.14. The van der Waals surface area contributed by atoms with Gasteiger partial charge in [0.25, 0.3) is 0 Å². The maximum atomic E-state index is 11.7. The highest BCUT2D eigenvalue weighted by molar-refractivity contribution is 7.89. The van der Waals surface area contributed by atoms with E-state index < -0.39 is 10.0 Å². The molecule has 0 saturated heterocycles. The van der Waals surface area contributed by atoms with Gasteiger partial charge >= 0.3 is 0 Å². The van der Waals surface area contributed by atoms with Gasteiger partial charge in [-0.05, 0) is 19.8 Å². The van der Waals surface area contributed by atoms with Gasteiger partial charge in [0.2, 0.25) is 10.0 Å². The average Bonchev–Trinajstić information content (AvgIpc) is 2.62. The Morgan fingerprint density at radius 2 is 1.75 bits per heavy atom. The van der Waals surface area contributed by atoms with Crippen LogP contribution in [0.4, 0.5) is 0 Å². The molecule has 0 aromatic rings. The van der Waals surface area contributed by atoms with Gasteiger partial charge in [-0.2, -0.15) is 0 Å². The van der Waals surface area contributed by atoms with Crippen LogP contribution in [0, 0.1) is 0 Å². The summed E-state index contributed by atoms with van der Waals surface area (Å²) >= 11 is 0. The molecule has 5 nitrogen and oxygen atoms in total. The van der Waals surface area contributed by atoms with E-state index in [0.717, 1.165) is 0 Å². The molecule has 0 spiro atoms. The highest BCUT2D eigenvalue weighted by Crippen LogP contribution is 2.16. The summed E-state index contributed by atoms with van der Waals surface area (Å²) in [5.74, 6) is 0.0208. The zero-order valence-corrected chi connectivity index (χ0v) is 14.2. The fraction of sp³-hybridized carbons (Fsp3) is 1.00. The van der Waals surface area contributed by atoms with Gasteiger partial charge in [0, 0.05) is 26.2 Å². The van der Waals surface area contributed by atoms with Crippen LogP contribution in [0.2, 0.25) is 0 Å². The first-order valence-electron chi connectivity index (χ1n) is 7.27. The molecule has 0 bridgehead atoms. The molecule has 0 aromatic carbocycles. The fourth-order valence-corrected chi connectivity index (χ4v) is 3.69. The number of nitrogens with one attached hydrogen (secondary N) is 2. The Kier molecular flexibility index (Phi) is 10.9. The summed E-state index contributed by atoms with van der Waals surface area (Å²) in [7, 11) is -1.70. The minimum Gasteiger partial charge on any atom is -0.381 e. The van der Waals surface area contributed by atoms with Crippen molar-refractivity contribution < 1.29 is 13.2 Å². The first-order chi connectivity index (χ1) is 9.03. The van der Waals surface area contributed by atoms with E-state index in [4.69, 9.17) is 4.74 Å². The van der Waals surface area contributed by atoms with Crippen molar-refractivity contribution in [2.45, 2.75) is 57.6 Å². The lowest BCUT2D eigenvalue weighted by molar-refractivity contribution is 0.136. The zero-order chi connectivity index (χ0) is 14.1. The first kappa shape index (κ1) is 20.1. The van der Waals surface area contributed by atoms with Gasteiger partial charge in [0.1, 0.15) is 0 Å². The van der Waals surface area contributed by atoms with E-state index in [0.29, 0.717) is 19.1 Å². The van der Waals surface area contributed by atoms with E-state index in [9.17, 15) is 8.42 Å². The largest absolute Gasteiger partial charge is 0.381 e. The standard InChI is InChI=1S/C13H28N2O3S.ClH/c1-12(18-2)11-19(16,17)15-10-9-14-13-7-5-3-4-6-8-13;/h12-15H,3-11H2,1-2H3;1H. The van der Waals surface area contributed by atoms with Crippen molar-refractivity contribution >= 4 is 22.4 Å². The van der Waals surface area contributed by atoms with Crippen molar-refractivity contribution in [3.05, 3.63) is 0 Å². The molecule has 1 aliphatic carbocycles. The number of halogens is 1. The molecular weight excluding hydrogens is 300 g/mol. The molecule has 1 atom stereocenters. The molecule has 1 rings (SSSR count). The summed E-state index contributed by atoms with van der Waals surface area (Å²) in [5, 5.41) is 3.44. The predicted octanol–water partition coefficient (Wildman–Crippen LogP) is 1.67. The van der Waals surface area contributed by atoms with Crippen LogP contribution in [-0.2, 0) is 14.8 Å². The van der Waals surface area contributed by atoms with E-state index in [-0.39, 0.29) is 24.3 Å². The van der Waals surface area contributed by atoms with Gasteiger partial charge in [-0.3, -0.25) is 0 Å². The summed E-state index contributed by atoms with van der Waals surface area (Å²) in [5.41, 5.74) is 0. The summed E-state index contributed by atoms with van der Waals surface area (Å²) in [6.45, 7) is 2.91. The van der Waals surface area contributed by atoms with E-state index in [1.807, 2.05) is 0 Å². The molecule has 1 unspecified atom stereocenters. The van der Waals surface area contributed by atoms with Gasteiger partial charge in [-0.15, -0.1) is 12.4 Å². The van der Waals surface area contributed by atoms with E-state index in [1.165, 1.54) is 45.6 Å². The minimum atomic E-state index is -3.22. The molecule has 1 fully saturated rings. The van der Waals surface area contributed by atoms with Crippen molar-refractivity contribution in [1.29, 1.82) is 0 Å². The lowest BCUT2D eigenvalue weighted by atomic mass is 10.1. The molecule has 20 heavy (non-hydrogen) atoms. The minimum absolute atomic E-state index is 0. The molecule has 1 saturated carbocycles. The predicted molar refractivity (Wildman–Crippen MR) is 85.0 cm³/mol. The maximum Gasteiger partial charge on any atom is 0.214 e. The molecule has 0 aromatic heterocycles. The quantitative estimate of drug-likeness (QED) is 0.525. The van der Waals surface area contributed by atoms with Crippen LogP contribution in [0.3, 0.4) is 0 Å². The lowest BCUT2D eigenvalue weighted by Gasteiger charge is -2.16. The third-order valence-electron chi connectivity index (χ3n) is 3.59. The summed E-state index contributed by atoms with van der Waals surface area (Å²) in [6.07, 6.45) is 7.40. The Labute approximate surface area is 129 Å². The number of ether oxygens (including phenoxy) is 1. The average molecular weight is 329 g/mol. The number of methoxy groups -OCH3 is 1. The number of hydrogen-bond acceptors (Lipinski definition) is 4. The normalized spacial score (nSPS) is 19.1. The Morgan fingerprint density at radius 3 is 2.30 bits per heavy atom. The van der Waals surface area contributed by atoms with Crippen LogP contribution in [-0.4, -0.2) is 46.5 Å². The van der Waals surface area contributed by atoms with E-state index in [2.05, 4.69) is 10.0 Å². The Balaban J connectivity index is 0.00000361. The van der Waals surface area contributed by atoms with Gasteiger partial charge in [-0.25, -0.2) is 13.1 Å². The Bertz CT molecular complexity index is 331. The monoisotopic (exact) mass is 328 g/mol. The smallest absolute Gasteiger partial charge is 0.214 e. The van der Waals surface area contributed by atoms with Crippen LogP contribution in [0.1, 0.15) is 45.4 Å². The van der Waals surface area contributed by atoms with Crippen molar-refractivity contribution in [1.82, 2.24) is 10.0 Å². The summed E-state index contributed by atoms with van der Waals surface area (Å²) in [4.78, 5) is 0. The van der Waals surface area contributed by atoms with Crippen LogP contribution >= 0.6 is 12.4 Å². The first-order valence-corrected chi connectivity index (χ1v) is 8.92. The molecule has 2 N–H and O–H groups in total. The highest BCUT2D eigenvalue weighted by atomic mass is 35.5. The number of hydrogen-bond donors (Lipinski definition) is 2. The summed E-state index contributed by atoms with van der Waals surface area (Å²) in [6, 6.07) is 0.560. The van der Waals surface area contributed by atoms with Gasteiger partial charge in [-0.1, -0.05) is 25.7 Å². The van der Waals surface area contributed by atoms with Gasteiger partial charge in [0.05, 0.1) is 11.9 Å². The van der Waals surface area contributed by atoms with Crippen LogP contribution in [0.5, 0.6) is 0 Å². The topological polar surface area (TPSA) is 67.4 Å². The van der Waals surface area contributed by atoms with Crippen molar-refractivity contribution in [2.75, 3.05) is 26.0 Å². The zero-order valence-electron chi connectivity index (χ0n) is 12.6. The van der Waals surface area contributed by atoms with Crippen LogP contribution in [0.15, 0.2) is 0 Å². The van der Waals surface area contributed by atoms with Crippen molar-refractivity contribution in [3.63, 3.8) is 0 Å². The molecule has 1 aliphatic rings. The molecule has 0 heterocycles. The fourth-order valence-electron chi connectivity index (χ4n) is 2.40. The third kappa shape index (κ3) is 9.13. The van der Waals surface area contributed by atoms with Gasteiger partial charge in [0.15, 0.2) is 0 Å². The molecule has 122 valence electrons. The number of rotatable bonds is 8. The highest BCUT2D eigenvalue weighted by Gasteiger charge is 2.15. The van der Waals surface area contributed by atoms with Crippen LogP contribution < -0.4 is 10.0 Å². The molecule has 0 radical (unpaired) electrons. The van der Waals surface area contributed by atoms with E-state index in [1.54, 1.807) is 6.92 Å². The Hall–Kier alpha value is 0.120. The van der Waals surface area contributed by atoms with Crippen molar-refractivity contribution in [3.8, 4) is 0 Å². The second-order valence-corrected chi connectivity index (χ2v) is 7.22. The van der Waals surface area contributed by atoms with Gasteiger partial charge < -0.3 is 10.1 Å². The summed E-state index contributed by atoms with van der Waals surface area (Å²) < 4.78 is 30.9. The van der Waals surface area contributed by atoms with Crippen LogP contribution in [0.25, 0.3) is 0 Å². The number of sulfonamides is 1. The van der Waals surface area contributed by atoms with E-state index >= 15 is 0 Å². The molecule has 7 heteroatoms. The molecule has 0 amide bonds. The second kappa shape index (κ2) is 10.8. The molecular formula is C13H29ClN2O3S. The lowest BCUT2D eigenvalue weighted by Crippen LogP contribution is -2.39. The second-order valence-electron chi connectivity index (χ2n) is 5.36. The Morgan fingerprint density at radius 1 is 1.15 bits per heavy atom. The van der Waals surface area contributed by atoms with Crippen molar-refractivity contribution in [2.24, 2.45) is 0 Å². The maximum absolute atomic E-state index is 11.7. The molecule has 0 aliphatic heterocycles. The SMILES string of the molecule is COC(C)CS(=O)(=O)NCCNC1CCCCCC1.Cl.